The minimum atomic E-state index is 0.163. The van der Waals surface area contributed by atoms with Crippen molar-refractivity contribution in [3.05, 3.63) is 47.9 Å². The van der Waals surface area contributed by atoms with Gasteiger partial charge >= 0.3 is 0 Å². The Bertz CT molecular complexity index is 766. The quantitative estimate of drug-likeness (QED) is 0.880. The fourth-order valence-corrected chi connectivity index (χ4v) is 3.78. The lowest BCUT2D eigenvalue weighted by atomic mass is 10.1. The van der Waals surface area contributed by atoms with E-state index >= 15 is 0 Å². The summed E-state index contributed by atoms with van der Waals surface area (Å²) in [4.78, 5) is 23.4. The van der Waals surface area contributed by atoms with Crippen molar-refractivity contribution in [2.75, 3.05) is 31.6 Å². The van der Waals surface area contributed by atoms with Gasteiger partial charge in [0.25, 0.3) is 0 Å². The highest BCUT2D eigenvalue weighted by Crippen LogP contribution is 2.32. The van der Waals surface area contributed by atoms with Gasteiger partial charge in [-0.3, -0.25) is 4.79 Å². The van der Waals surface area contributed by atoms with Crippen LogP contribution in [0.2, 0.25) is 0 Å². The van der Waals surface area contributed by atoms with Crippen LogP contribution in [0.15, 0.2) is 36.5 Å². The van der Waals surface area contributed by atoms with E-state index < -0.39 is 0 Å². The number of morpholine rings is 1. The Morgan fingerprint density at radius 1 is 1.11 bits per heavy atom. The number of hydrogen-bond acceptors (Lipinski definition) is 5. The monoisotopic (exact) mass is 366 g/mol. The predicted molar refractivity (Wildman–Crippen MR) is 104 cm³/mol. The summed E-state index contributed by atoms with van der Waals surface area (Å²) < 4.78 is 5.30. The van der Waals surface area contributed by atoms with Gasteiger partial charge in [0.15, 0.2) is 0 Å². The largest absolute Gasteiger partial charge is 0.378 e. The number of nitrogens with zero attached hydrogens (tertiary/aromatic N) is 3. The number of ether oxygens (including phenoxy) is 1. The molecule has 1 aromatic heterocycles. The molecule has 0 atom stereocenters. The van der Waals surface area contributed by atoms with Crippen molar-refractivity contribution in [3.8, 4) is 0 Å². The minimum Gasteiger partial charge on any atom is -0.378 e. The molecule has 1 aliphatic carbocycles. The average Bonchev–Trinajstić information content (AvgIpc) is 3.25. The maximum Gasteiger partial charge on any atom is 0.227 e. The molecule has 1 saturated heterocycles. The number of rotatable bonds is 5. The van der Waals surface area contributed by atoms with Gasteiger partial charge in [-0.05, 0) is 36.6 Å². The topological polar surface area (TPSA) is 67.4 Å². The standard InChI is InChI=1S/C21H26N4O2/c26-20(25-11-13-27-14-12-25)15-16-5-7-18(8-6-16)23-19-9-10-22-21(24-19)17-3-1-2-4-17/h5-10,17H,1-4,11-15H2,(H,22,23,24). The van der Waals surface area contributed by atoms with E-state index in [1.165, 1.54) is 25.7 Å². The Labute approximate surface area is 160 Å². The summed E-state index contributed by atoms with van der Waals surface area (Å²) in [5.41, 5.74) is 1.99. The summed E-state index contributed by atoms with van der Waals surface area (Å²) >= 11 is 0. The van der Waals surface area contributed by atoms with E-state index in [1.807, 2.05) is 41.4 Å². The van der Waals surface area contributed by atoms with Gasteiger partial charge in [0.1, 0.15) is 11.6 Å². The Morgan fingerprint density at radius 3 is 2.59 bits per heavy atom. The lowest BCUT2D eigenvalue weighted by Crippen LogP contribution is -2.41. The number of benzene rings is 1. The first-order valence-electron chi connectivity index (χ1n) is 9.82. The molecule has 6 nitrogen and oxygen atoms in total. The first-order valence-corrected chi connectivity index (χ1v) is 9.82. The van der Waals surface area contributed by atoms with E-state index in [-0.39, 0.29) is 5.91 Å². The third-order valence-corrected chi connectivity index (χ3v) is 5.34. The zero-order valence-electron chi connectivity index (χ0n) is 15.6. The first-order chi connectivity index (χ1) is 13.3. The third kappa shape index (κ3) is 4.63. The van der Waals surface area contributed by atoms with Crippen molar-refractivity contribution in [1.29, 1.82) is 0 Å². The summed E-state index contributed by atoms with van der Waals surface area (Å²) in [6.45, 7) is 2.65. The van der Waals surface area contributed by atoms with Gasteiger partial charge in [0, 0.05) is 30.9 Å². The molecule has 2 fully saturated rings. The van der Waals surface area contributed by atoms with Gasteiger partial charge in [0.05, 0.1) is 19.6 Å². The van der Waals surface area contributed by atoms with E-state index in [2.05, 4.69) is 15.3 Å². The molecule has 2 aliphatic rings. The molecule has 1 amide bonds. The average molecular weight is 366 g/mol. The van der Waals surface area contributed by atoms with Crippen LogP contribution in [0.1, 0.15) is 43.0 Å². The highest BCUT2D eigenvalue weighted by Gasteiger charge is 2.20. The Hall–Kier alpha value is -2.47. The number of aromatic nitrogens is 2. The van der Waals surface area contributed by atoms with Crippen LogP contribution in [0.5, 0.6) is 0 Å². The Kier molecular flexibility index (Phi) is 5.63. The number of nitrogens with one attached hydrogen (secondary N) is 1. The van der Waals surface area contributed by atoms with Crippen molar-refractivity contribution >= 4 is 17.4 Å². The van der Waals surface area contributed by atoms with Crippen LogP contribution < -0.4 is 5.32 Å². The summed E-state index contributed by atoms with van der Waals surface area (Å²) in [7, 11) is 0. The summed E-state index contributed by atoms with van der Waals surface area (Å²) in [6.07, 6.45) is 7.19. The highest BCUT2D eigenvalue weighted by molar-refractivity contribution is 5.79. The van der Waals surface area contributed by atoms with Gasteiger partial charge in [-0.2, -0.15) is 0 Å². The molecule has 1 N–H and O–H groups in total. The predicted octanol–water partition coefficient (Wildman–Crippen LogP) is 3.28. The molecule has 1 saturated carbocycles. The molecule has 0 unspecified atom stereocenters. The number of amides is 1. The zero-order chi connectivity index (χ0) is 18.5. The molecule has 0 bridgehead atoms. The van der Waals surface area contributed by atoms with Crippen LogP contribution in [-0.4, -0.2) is 47.1 Å². The van der Waals surface area contributed by atoms with Crippen LogP contribution in [-0.2, 0) is 16.0 Å². The van der Waals surface area contributed by atoms with E-state index in [1.54, 1.807) is 0 Å². The Morgan fingerprint density at radius 2 is 1.85 bits per heavy atom. The van der Waals surface area contributed by atoms with Crippen molar-refractivity contribution in [2.45, 2.75) is 38.0 Å². The van der Waals surface area contributed by atoms with Crippen molar-refractivity contribution in [3.63, 3.8) is 0 Å². The molecule has 1 aliphatic heterocycles. The molecule has 6 heteroatoms. The summed E-state index contributed by atoms with van der Waals surface area (Å²) in [6, 6.07) is 9.90. The molecule has 0 radical (unpaired) electrons. The maximum absolute atomic E-state index is 12.3. The molecule has 0 spiro atoms. The zero-order valence-corrected chi connectivity index (χ0v) is 15.6. The van der Waals surface area contributed by atoms with Gasteiger partial charge in [-0.15, -0.1) is 0 Å². The minimum absolute atomic E-state index is 0.163. The fourth-order valence-electron chi connectivity index (χ4n) is 3.78. The van der Waals surface area contributed by atoms with Crippen LogP contribution in [0.4, 0.5) is 11.5 Å². The number of anilines is 2. The van der Waals surface area contributed by atoms with Crippen LogP contribution in [0.25, 0.3) is 0 Å². The molecule has 2 aromatic rings. The molecule has 2 heterocycles. The number of carbonyl (C=O) groups is 1. The summed E-state index contributed by atoms with van der Waals surface area (Å²) in [5, 5.41) is 3.35. The second kappa shape index (κ2) is 8.48. The van der Waals surface area contributed by atoms with Gasteiger partial charge < -0.3 is 15.0 Å². The van der Waals surface area contributed by atoms with Crippen molar-refractivity contribution < 1.29 is 9.53 Å². The molecular formula is C21H26N4O2. The SMILES string of the molecule is O=C(Cc1ccc(Nc2ccnc(C3CCCC3)n2)cc1)N1CCOCC1. The first kappa shape index (κ1) is 17.9. The molecule has 27 heavy (non-hydrogen) atoms. The smallest absolute Gasteiger partial charge is 0.227 e. The van der Waals surface area contributed by atoms with Gasteiger partial charge in [0.2, 0.25) is 5.91 Å². The third-order valence-electron chi connectivity index (χ3n) is 5.34. The molecule has 1 aromatic carbocycles. The van der Waals surface area contributed by atoms with Crippen LogP contribution >= 0.6 is 0 Å². The van der Waals surface area contributed by atoms with Gasteiger partial charge in [-0.25, -0.2) is 9.97 Å². The van der Waals surface area contributed by atoms with Crippen LogP contribution in [0, 0.1) is 0 Å². The number of hydrogen-bond donors (Lipinski definition) is 1. The van der Waals surface area contributed by atoms with E-state index in [9.17, 15) is 4.79 Å². The van der Waals surface area contributed by atoms with Crippen LogP contribution in [0.3, 0.4) is 0 Å². The second-order valence-electron chi connectivity index (χ2n) is 7.27. The Balaban J connectivity index is 1.36. The lowest BCUT2D eigenvalue weighted by Gasteiger charge is -2.26. The highest BCUT2D eigenvalue weighted by atomic mass is 16.5. The van der Waals surface area contributed by atoms with Crippen molar-refractivity contribution in [2.24, 2.45) is 0 Å². The second-order valence-corrected chi connectivity index (χ2v) is 7.27. The molecule has 142 valence electrons. The van der Waals surface area contributed by atoms with E-state index in [0.29, 0.717) is 38.6 Å². The molecular weight excluding hydrogens is 340 g/mol. The van der Waals surface area contributed by atoms with Gasteiger partial charge in [-0.1, -0.05) is 25.0 Å². The lowest BCUT2D eigenvalue weighted by molar-refractivity contribution is -0.134. The maximum atomic E-state index is 12.3. The van der Waals surface area contributed by atoms with E-state index in [4.69, 9.17) is 4.74 Å². The normalized spacial score (nSPS) is 17.9. The molecule has 4 rings (SSSR count). The van der Waals surface area contributed by atoms with E-state index in [0.717, 1.165) is 22.9 Å². The summed E-state index contributed by atoms with van der Waals surface area (Å²) in [5.74, 6) is 2.44. The fraction of sp³-hybridized carbons (Fsp3) is 0.476. The van der Waals surface area contributed by atoms with Crippen molar-refractivity contribution in [1.82, 2.24) is 14.9 Å². The number of carbonyl (C=O) groups excluding carboxylic acids is 1.